The molecule has 0 aliphatic carbocycles. The number of imidazole rings is 1. The number of halogens is 1. The van der Waals surface area contributed by atoms with Crippen LogP contribution in [0.15, 0.2) is 46.7 Å². The third-order valence-corrected chi connectivity index (χ3v) is 7.44. The van der Waals surface area contributed by atoms with Gasteiger partial charge in [-0.3, -0.25) is 9.69 Å². The minimum Gasteiger partial charge on any atom is -0.344 e. The van der Waals surface area contributed by atoms with Crippen molar-refractivity contribution in [3.05, 3.63) is 63.9 Å². The number of aromatic amines is 1. The average Bonchev–Trinajstić information content (AvgIpc) is 3.50. The molecular weight excluding hydrogens is 449 g/mol. The number of hydrogen-bond acceptors (Lipinski definition) is 8. The van der Waals surface area contributed by atoms with Crippen molar-refractivity contribution in [2.45, 2.75) is 6.54 Å². The van der Waals surface area contributed by atoms with Crippen LogP contribution in [-0.4, -0.2) is 55.6 Å². The van der Waals surface area contributed by atoms with Crippen molar-refractivity contribution in [2.24, 2.45) is 0 Å². The Hall–Kier alpha value is -3.15. The van der Waals surface area contributed by atoms with Gasteiger partial charge in [0.15, 0.2) is 0 Å². The predicted molar refractivity (Wildman–Crippen MR) is 124 cm³/mol. The van der Waals surface area contributed by atoms with E-state index < -0.39 is 0 Å². The number of H-pyrrole nitrogens is 1. The fourth-order valence-corrected chi connectivity index (χ4v) is 5.54. The minimum atomic E-state index is -0.261. The highest BCUT2D eigenvalue weighted by atomic mass is 32.1. The second-order valence-corrected chi connectivity index (χ2v) is 9.51. The first-order chi connectivity index (χ1) is 15.6. The Morgan fingerprint density at radius 3 is 2.66 bits per heavy atom. The normalized spacial score (nSPS) is 15.2. The number of piperazine rings is 1. The molecule has 5 aromatic rings. The Kier molecular flexibility index (Phi) is 4.74. The first-order valence-corrected chi connectivity index (χ1v) is 11.9. The van der Waals surface area contributed by atoms with Gasteiger partial charge in [0.25, 0.3) is 5.56 Å². The zero-order chi connectivity index (χ0) is 21.7. The summed E-state index contributed by atoms with van der Waals surface area (Å²) in [5.41, 5.74) is 2.35. The van der Waals surface area contributed by atoms with Gasteiger partial charge in [0.2, 0.25) is 10.1 Å². The Balaban J connectivity index is 1.13. The molecule has 0 amide bonds. The molecule has 1 saturated heterocycles. The van der Waals surface area contributed by atoms with Gasteiger partial charge >= 0.3 is 0 Å². The zero-order valence-electron chi connectivity index (χ0n) is 16.9. The first-order valence-electron chi connectivity index (χ1n) is 10.2. The summed E-state index contributed by atoms with van der Waals surface area (Å²) in [7, 11) is 0. The topological polar surface area (TPSA) is 82.4 Å². The van der Waals surface area contributed by atoms with Gasteiger partial charge < -0.3 is 9.88 Å². The number of nitrogens with zero attached hydrogens (tertiary/aromatic N) is 6. The Labute approximate surface area is 189 Å². The molecule has 1 aliphatic heterocycles. The summed E-state index contributed by atoms with van der Waals surface area (Å²) >= 11 is 2.96. The number of aromatic nitrogens is 5. The van der Waals surface area contributed by atoms with Crippen LogP contribution in [0.5, 0.6) is 0 Å². The van der Waals surface area contributed by atoms with Crippen molar-refractivity contribution in [2.75, 3.05) is 31.1 Å². The molecule has 1 aliphatic rings. The molecular formula is C21H18FN7OS2. The third-order valence-electron chi connectivity index (χ3n) is 5.55. The van der Waals surface area contributed by atoms with E-state index in [1.165, 1.54) is 23.5 Å². The van der Waals surface area contributed by atoms with Crippen LogP contribution in [0.1, 0.15) is 5.82 Å². The summed E-state index contributed by atoms with van der Waals surface area (Å²) in [5.74, 6) is 0.443. The van der Waals surface area contributed by atoms with Crippen molar-refractivity contribution < 1.29 is 4.39 Å². The van der Waals surface area contributed by atoms with Crippen LogP contribution in [0.4, 0.5) is 9.52 Å². The molecule has 0 bridgehead atoms. The van der Waals surface area contributed by atoms with Gasteiger partial charge in [-0.25, -0.2) is 18.9 Å². The fraction of sp³-hybridized carbons (Fsp3) is 0.238. The van der Waals surface area contributed by atoms with E-state index in [1.807, 2.05) is 17.6 Å². The Morgan fingerprint density at radius 2 is 1.88 bits per heavy atom. The summed E-state index contributed by atoms with van der Waals surface area (Å²) in [6, 6.07) is 8.20. The van der Waals surface area contributed by atoms with Gasteiger partial charge in [0, 0.05) is 31.7 Å². The van der Waals surface area contributed by atoms with Gasteiger partial charge in [-0.15, -0.1) is 16.4 Å². The number of hydrogen-bond donors (Lipinski definition) is 1. The quantitative estimate of drug-likeness (QED) is 0.437. The summed E-state index contributed by atoms with van der Waals surface area (Å²) in [6.45, 7) is 4.01. The lowest BCUT2D eigenvalue weighted by atomic mass is 10.2. The van der Waals surface area contributed by atoms with E-state index in [9.17, 15) is 9.18 Å². The van der Waals surface area contributed by atoms with E-state index in [4.69, 9.17) is 5.10 Å². The van der Waals surface area contributed by atoms with Crippen molar-refractivity contribution in [3.63, 3.8) is 0 Å². The number of thiophene rings is 1. The zero-order valence-corrected chi connectivity index (χ0v) is 18.5. The molecule has 0 atom stereocenters. The number of benzene rings is 1. The average molecular weight is 468 g/mol. The maximum atomic E-state index is 13.2. The molecule has 6 rings (SSSR count). The minimum absolute atomic E-state index is 0.0650. The smallest absolute Gasteiger partial charge is 0.268 e. The van der Waals surface area contributed by atoms with Crippen LogP contribution < -0.4 is 10.5 Å². The lowest BCUT2D eigenvalue weighted by molar-refractivity contribution is 0.244. The molecule has 8 nitrogen and oxygen atoms in total. The number of rotatable bonds is 4. The van der Waals surface area contributed by atoms with E-state index in [0.717, 1.165) is 53.0 Å². The SMILES string of the molecule is O=c1[nH]c(CN2CCN(c3nn4cc(-c5ccc(F)cc5)nc4s3)CC2)nc2ccsc12. The van der Waals surface area contributed by atoms with Gasteiger partial charge in [-0.2, -0.15) is 0 Å². The monoisotopic (exact) mass is 467 g/mol. The van der Waals surface area contributed by atoms with Crippen LogP contribution >= 0.6 is 22.7 Å². The number of fused-ring (bicyclic) bond motifs is 2. The number of anilines is 1. The lowest BCUT2D eigenvalue weighted by Crippen LogP contribution is -2.46. The highest BCUT2D eigenvalue weighted by Crippen LogP contribution is 2.27. The van der Waals surface area contributed by atoms with Crippen molar-refractivity contribution in [1.82, 2.24) is 29.5 Å². The van der Waals surface area contributed by atoms with Crippen LogP contribution in [0.25, 0.3) is 26.4 Å². The molecule has 32 heavy (non-hydrogen) atoms. The molecule has 1 fully saturated rings. The van der Waals surface area contributed by atoms with E-state index in [0.29, 0.717) is 17.1 Å². The Morgan fingerprint density at radius 1 is 1.06 bits per heavy atom. The molecule has 0 unspecified atom stereocenters. The van der Waals surface area contributed by atoms with Crippen molar-refractivity contribution in [3.8, 4) is 11.3 Å². The van der Waals surface area contributed by atoms with Gasteiger partial charge in [-0.1, -0.05) is 11.3 Å². The summed E-state index contributed by atoms with van der Waals surface area (Å²) < 4.78 is 15.6. The molecule has 5 heterocycles. The highest BCUT2D eigenvalue weighted by Gasteiger charge is 2.22. The Bertz CT molecular complexity index is 1430. The van der Waals surface area contributed by atoms with Crippen molar-refractivity contribution >= 4 is 43.0 Å². The summed E-state index contributed by atoms with van der Waals surface area (Å²) in [5, 5.41) is 7.52. The fourth-order valence-electron chi connectivity index (χ4n) is 3.88. The van der Waals surface area contributed by atoms with Crippen LogP contribution in [0.2, 0.25) is 0 Å². The summed E-state index contributed by atoms with van der Waals surface area (Å²) in [6.07, 6.45) is 1.88. The van der Waals surface area contributed by atoms with E-state index in [-0.39, 0.29) is 11.4 Å². The van der Waals surface area contributed by atoms with E-state index >= 15 is 0 Å². The van der Waals surface area contributed by atoms with Gasteiger partial charge in [0.1, 0.15) is 16.3 Å². The lowest BCUT2D eigenvalue weighted by Gasteiger charge is -2.33. The molecule has 1 aromatic carbocycles. The first kappa shape index (κ1) is 19.5. The van der Waals surface area contributed by atoms with E-state index in [1.54, 1.807) is 28.0 Å². The molecule has 0 radical (unpaired) electrons. The summed E-state index contributed by atoms with van der Waals surface area (Å²) in [4.78, 5) is 29.7. The molecule has 0 spiro atoms. The largest absolute Gasteiger partial charge is 0.344 e. The van der Waals surface area contributed by atoms with Crippen molar-refractivity contribution in [1.29, 1.82) is 0 Å². The second kappa shape index (κ2) is 7.76. The van der Waals surface area contributed by atoms with Crippen LogP contribution in [0.3, 0.4) is 0 Å². The maximum absolute atomic E-state index is 13.2. The molecule has 11 heteroatoms. The van der Waals surface area contributed by atoms with Gasteiger partial charge in [-0.05, 0) is 35.7 Å². The van der Waals surface area contributed by atoms with Gasteiger partial charge in [0.05, 0.1) is 24.0 Å². The highest BCUT2D eigenvalue weighted by molar-refractivity contribution is 7.20. The number of nitrogens with one attached hydrogen (secondary N) is 1. The maximum Gasteiger partial charge on any atom is 0.268 e. The van der Waals surface area contributed by atoms with Crippen LogP contribution in [0, 0.1) is 5.82 Å². The molecule has 0 saturated carbocycles. The predicted octanol–water partition coefficient (Wildman–Crippen LogP) is 3.22. The standard InChI is InChI=1S/C21H18FN7OS2/c22-14-3-1-13(2-4-14)16-11-29-20(24-16)32-21(26-29)28-8-6-27(7-9-28)12-17-23-15-5-10-31-18(15)19(30)25-17/h1-5,10-11H,6-9,12H2,(H,23,25,30). The second-order valence-electron chi connectivity index (χ2n) is 7.66. The molecule has 162 valence electrons. The van der Waals surface area contributed by atoms with Crippen LogP contribution in [-0.2, 0) is 6.54 Å². The molecule has 1 N–H and O–H groups in total. The third kappa shape index (κ3) is 3.57. The molecule has 4 aromatic heterocycles. The van der Waals surface area contributed by atoms with E-state index in [2.05, 4.69) is 24.8 Å².